The van der Waals surface area contributed by atoms with E-state index in [4.69, 9.17) is 0 Å². The van der Waals surface area contributed by atoms with Gasteiger partial charge in [0.05, 0.1) is 29.5 Å². The molecule has 2 aliphatic rings. The summed E-state index contributed by atoms with van der Waals surface area (Å²) in [5, 5.41) is 5.87. The first kappa shape index (κ1) is 21.5. The molecule has 0 aromatic carbocycles. The molecular formula is C23H32N6O2. The Morgan fingerprint density at radius 2 is 1.84 bits per heavy atom. The zero-order valence-electron chi connectivity index (χ0n) is 18.4. The van der Waals surface area contributed by atoms with Crippen LogP contribution in [0.3, 0.4) is 0 Å². The van der Waals surface area contributed by atoms with Crippen LogP contribution < -0.4 is 15.5 Å². The number of amides is 2. The number of rotatable bonds is 6. The van der Waals surface area contributed by atoms with Crippen LogP contribution >= 0.6 is 0 Å². The maximum atomic E-state index is 12.3. The predicted molar refractivity (Wildman–Crippen MR) is 122 cm³/mol. The van der Waals surface area contributed by atoms with E-state index in [0.717, 1.165) is 55.5 Å². The summed E-state index contributed by atoms with van der Waals surface area (Å²) in [6.07, 6.45) is 8.03. The number of hydrogen-bond acceptors (Lipinski definition) is 6. The summed E-state index contributed by atoms with van der Waals surface area (Å²) in [6, 6.07) is 5.74. The monoisotopic (exact) mass is 424 g/mol. The van der Waals surface area contributed by atoms with Gasteiger partial charge in [-0.25, -0.2) is 9.78 Å². The number of hydrogen-bond donors (Lipinski definition) is 2. The molecule has 0 bridgehead atoms. The van der Waals surface area contributed by atoms with Gasteiger partial charge in [0.15, 0.2) is 0 Å². The second-order valence-electron chi connectivity index (χ2n) is 8.97. The number of ketones is 1. The molecule has 4 rings (SSSR count). The maximum Gasteiger partial charge on any atom is 0.320 e. The van der Waals surface area contributed by atoms with Crippen molar-refractivity contribution in [2.45, 2.75) is 44.6 Å². The van der Waals surface area contributed by atoms with Crippen molar-refractivity contribution in [3.8, 4) is 0 Å². The number of fused-ring (bicyclic) bond motifs is 1. The van der Waals surface area contributed by atoms with E-state index in [1.165, 1.54) is 12.8 Å². The molecule has 2 fully saturated rings. The molecule has 2 aromatic rings. The minimum Gasteiger partial charge on any atom is -0.370 e. The number of piperidine rings is 1. The smallest absolute Gasteiger partial charge is 0.320 e. The summed E-state index contributed by atoms with van der Waals surface area (Å²) in [5.74, 6) is 0.990. The number of nitrogens with one attached hydrogen (secondary N) is 2. The Balaban J connectivity index is 1.39. The summed E-state index contributed by atoms with van der Waals surface area (Å²) in [5.41, 5.74) is 2.55. The first-order chi connectivity index (χ1) is 15.0. The first-order valence-corrected chi connectivity index (χ1v) is 11.2. The fourth-order valence-electron chi connectivity index (χ4n) is 4.55. The molecule has 2 amide bonds. The number of anilines is 2. The van der Waals surface area contributed by atoms with Crippen molar-refractivity contribution in [2.24, 2.45) is 5.92 Å². The molecule has 0 spiro atoms. The Morgan fingerprint density at radius 3 is 2.55 bits per heavy atom. The first-order valence-electron chi connectivity index (χ1n) is 11.2. The van der Waals surface area contributed by atoms with Gasteiger partial charge in [-0.1, -0.05) is 12.8 Å². The van der Waals surface area contributed by atoms with Crippen molar-refractivity contribution in [1.29, 1.82) is 0 Å². The molecule has 2 aromatic heterocycles. The average Bonchev–Trinajstić information content (AvgIpc) is 3.25. The van der Waals surface area contributed by atoms with Crippen LogP contribution in [0.5, 0.6) is 0 Å². The number of aromatic nitrogens is 2. The van der Waals surface area contributed by atoms with Crippen LogP contribution in [0.25, 0.3) is 11.0 Å². The van der Waals surface area contributed by atoms with E-state index in [1.807, 2.05) is 37.3 Å². The molecular weight excluding hydrogens is 392 g/mol. The predicted octanol–water partition coefficient (Wildman–Crippen LogP) is 3.04. The van der Waals surface area contributed by atoms with Crippen LogP contribution in [-0.2, 0) is 4.79 Å². The van der Waals surface area contributed by atoms with Gasteiger partial charge >= 0.3 is 6.03 Å². The Bertz CT molecular complexity index is 933. The van der Waals surface area contributed by atoms with E-state index < -0.39 is 0 Å². The summed E-state index contributed by atoms with van der Waals surface area (Å²) in [4.78, 5) is 37.9. The minimum absolute atomic E-state index is 0.138. The topological polar surface area (TPSA) is 90.5 Å². The zero-order valence-corrected chi connectivity index (χ0v) is 18.4. The molecule has 1 aliphatic carbocycles. The standard InChI is InChI=1S/C23H32N6O2/c1-28(2)15-21(30)16-9-11-29(12-10-16)18-13-20-19(24-14-18)7-8-22(26-20)27-23(31)25-17-5-3-4-6-17/h7-8,13-14,16-17H,3-6,9-12,15H2,1-2H3,(H2,25,26,27,31). The van der Waals surface area contributed by atoms with Gasteiger partial charge in [-0.3, -0.25) is 15.1 Å². The second kappa shape index (κ2) is 9.60. The summed E-state index contributed by atoms with van der Waals surface area (Å²) >= 11 is 0. The normalized spacial score (nSPS) is 18.0. The fraction of sp³-hybridized carbons (Fsp3) is 0.565. The number of carbonyl (C=O) groups excluding carboxylic acids is 2. The van der Waals surface area contributed by atoms with Crippen molar-refractivity contribution in [3.05, 3.63) is 24.4 Å². The van der Waals surface area contributed by atoms with Crippen molar-refractivity contribution in [2.75, 3.05) is 43.9 Å². The van der Waals surface area contributed by atoms with Gasteiger partial charge in [0, 0.05) is 25.0 Å². The third-order valence-electron chi connectivity index (χ3n) is 6.24. The number of carbonyl (C=O) groups is 2. The fourth-order valence-corrected chi connectivity index (χ4v) is 4.55. The minimum atomic E-state index is -0.202. The van der Waals surface area contributed by atoms with E-state index in [-0.39, 0.29) is 18.0 Å². The number of likely N-dealkylation sites (N-methyl/N-ethyl adjacent to an activating group) is 1. The molecule has 8 nitrogen and oxygen atoms in total. The summed E-state index contributed by atoms with van der Waals surface area (Å²) in [6.45, 7) is 2.17. The lowest BCUT2D eigenvalue weighted by molar-refractivity contribution is -0.124. The van der Waals surface area contributed by atoms with Crippen molar-refractivity contribution in [3.63, 3.8) is 0 Å². The van der Waals surface area contributed by atoms with Crippen molar-refractivity contribution >= 4 is 34.4 Å². The highest BCUT2D eigenvalue weighted by atomic mass is 16.2. The lowest BCUT2D eigenvalue weighted by Gasteiger charge is -2.33. The lowest BCUT2D eigenvalue weighted by Crippen LogP contribution is -2.38. The Labute approximate surface area is 183 Å². The molecule has 1 saturated carbocycles. The number of urea groups is 1. The van der Waals surface area contributed by atoms with E-state index in [1.54, 1.807) is 6.07 Å². The van der Waals surface area contributed by atoms with Crippen LogP contribution in [0.1, 0.15) is 38.5 Å². The van der Waals surface area contributed by atoms with E-state index in [9.17, 15) is 9.59 Å². The number of pyridine rings is 2. The Kier molecular flexibility index (Phi) is 6.65. The van der Waals surface area contributed by atoms with Gasteiger partial charge in [-0.05, 0) is 58.0 Å². The maximum absolute atomic E-state index is 12.3. The van der Waals surface area contributed by atoms with E-state index >= 15 is 0 Å². The van der Waals surface area contributed by atoms with Gasteiger partial charge in [0.25, 0.3) is 0 Å². The molecule has 1 saturated heterocycles. The molecule has 3 heterocycles. The highest BCUT2D eigenvalue weighted by molar-refractivity contribution is 5.90. The van der Waals surface area contributed by atoms with Crippen molar-refractivity contribution < 1.29 is 9.59 Å². The van der Waals surface area contributed by atoms with Gasteiger partial charge < -0.3 is 15.1 Å². The molecule has 0 radical (unpaired) electrons. The van der Waals surface area contributed by atoms with Gasteiger partial charge in [-0.2, -0.15) is 0 Å². The lowest BCUT2D eigenvalue weighted by atomic mass is 9.92. The third-order valence-corrected chi connectivity index (χ3v) is 6.24. The molecule has 8 heteroatoms. The van der Waals surface area contributed by atoms with Crippen LogP contribution in [0.4, 0.5) is 16.3 Å². The summed E-state index contributed by atoms with van der Waals surface area (Å²) in [7, 11) is 3.87. The molecule has 0 unspecified atom stereocenters. The SMILES string of the molecule is CN(C)CC(=O)C1CCN(c2cnc3ccc(NC(=O)NC4CCCC4)nc3c2)CC1. The van der Waals surface area contributed by atoms with Crippen LogP contribution in [-0.4, -0.2) is 66.5 Å². The van der Waals surface area contributed by atoms with Gasteiger partial charge in [-0.15, -0.1) is 0 Å². The quantitative estimate of drug-likeness (QED) is 0.741. The van der Waals surface area contributed by atoms with Gasteiger partial charge in [0.1, 0.15) is 11.6 Å². The molecule has 2 N–H and O–H groups in total. The van der Waals surface area contributed by atoms with Crippen LogP contribution in [0.15, 0.2) is 24.4 Å². The zero-order chi connectivity index (χ0) is 21.8. The highest BCUT2D eigenvalue weighted by Gasteiger charge is 2.25. The van der Waals surface area contributed by atoms with Crippen molar-refractivity contribution in [1.82, 2.24) is 20.2 Å². The largest absolute Gasteiger partial charge is 0.370 e. The number of Topliss-reactive ketones (excluding diaryl/α,β-unsaturated/α-hetero) is 1. The third kappa shape index (κ3) is 5.50. The Hall–Kier alpha value is -2.74. The molecule has 0 atom stereocenters. The molecule has 1 aliphatic heterocycles. The molecule has 166 valence electrons. The van der Waals surface area contributed by atoms with E-state index in [0.29, 0.717) is 18.1 Å². The second-order valence-corrected chi connectivity index (χ2v) is 8.97. The molecule has 31 heavy (non-hydrogen) atoms. The average molecular weight is 425 g/mol. The Morgan fingerprint density at radius 1 is 1.10 bits per heavy atom. The van der Waals surface area contributed by atoms with Crippen LogP contribution in [0, 0.1) is 5.92 Å². The van der Waals surface area contributed by atoms with Crippen LogP contribution in [0.2, 0.25) is 0 Å². The summed E-state index contributed by atoms with van der Waals surface area (Å²) < 4.78 is 0. The number of nitrogens with zero attached hydrogens (tertiary/aromatic N) is 4. The van der Waals surface area contributed by atoms with E-state index in [2.05, 4.69) is 25.5 Å². The highest BCUT2D eigenvalue weighted by Crippen LogP contribution is 2.26. The van der Waals surface area contributed by atoms with Gasteiger partial charge in [0.2, 0.25) is 0 Å².